The van der Waals surface area contributed by atoms with Gasteiger partial charge in [0, 0.05) is 34.0 Å². The Hall–Kier alpha value is -4.24. The van der Waals surface area contributed by atoms with E-state index in [0.717, 1.165) is 46.6 Å². The molecule has 0 aliphatic heterocycles. The van der Waals surface area contributed by atoms with Gasteiger partial charge in [-0.1, -0.05) is 0 Å². The van der Waals surface area contributed by atoms with Gasteiger partial charge in [-0.2, -0.15) is 43.2 Å². The summed E-state index contributed by atoms with van der Waals surface area (Å²) in [6, 6.07) is 4.11. The van der Waals surface area contributed by atoms with Gasteiger partial charge in [0.05, 0.1) is 43.7 Å². The molecule has 0 atom stereocenters. The van der Waals surface area contributed by atoms with Gasteiger partial charge in [0.25, 0.3) is 0 Å². The largest absolute Gasteiger partial charge is 0.534 e. The molecule has 2 N–H and O–H groups in total. The van der Waals surface area contributed by atoms with Crippen LogP contribution in [0.3, 0.4) is 0 Å². The molecule has 0 saturated heterocycles. The van der Waals surface area contributed by atoms with E-state index in [1.54, 1.807) is 0 Å². The Bertz CT molecular complexity index is 2130. The van der Waals surface area contributed by atoms with Crippen LogP contribution in [0.2, 0.25) is 0 Å². The molecule has 256 valence electrons. The van der Waals surface area contributed by atoms with Crippen LogP contribution < -0.4 is 27.3 Å². The first-order chi connectivity index (χ1) is 21.6. The fourth-order valence-corrected chi connectivity index (χ4v) is 6.13. The number of aromatic hydroxyl groups is 2. The average molecular weight is 781 g/mol. The van der Waals surface area contributed by atoms with E-state index < -0.39 is 65.0 Å². The molecule has 47 heavy (non-hydrogen) atoms. The van der Waals surface area contributed by atoms with Crippen LogP contribution in [0.15, 0.2) is 34.8 Å². The lowest BCUT2D eigenvalue weighted by Gasteiger charge is -2.21. The van der Waals surface area contributed by atoms with Crippen molar-refractivity contribution in [1.29, 1.82) is 0 Å². The number of fused-ring (bicyclic) bond motifs is 2. The number of alkyl halides is 6. The van der Waals surface area contributed by atoms with Gasteiger partial charge in [0.15, 0.2) is 0 Å². The minimum absolute atomic E-state index is 0.0916. The van der Waals surface area contributed by atoms with Gasteiger partial charge in [0.2, 0.25) is 0 Å². The van der Waals surface area contributed by atoms with E-state index in [2.05, 4.69) is 24.3 Å². The van der Waals surface area contributed by atoms with Crippen LogP contribution >= 0.6 is 15.9 Å². The first-order valence-electron chi connectivity index (χ1n) is 12.2. The molecule has 4 aromatic rings. The number of ether oxygens (including phenoxy) is 4. The fourth-order valence-electron chi connectivity index (χ4n) is 4.48. The maximum atomic E-state index is 13.1. The van der Waals surface area contributed by atoms with E-state index in [1.807, 2.05) is 0 Å². The summed E-state index contributed by atoms with van der Waals surface area (Å²) in [4.78, 5) is 0. The second-order valence-corrected chi connectivity index (χ2v) is 13.0. The monoisotopic (exact) mass is 780 g/mol. The maximum absolute atomic E-state index is 13.1. The number of rotatable bonds is 9. The summed E-state index contributed by atoms with van der Waals surface area (Å²) in [6.45, 7) is 0. The lowest BCUT2D eigenvalue weighted by molar-refractivity contribution is -0.0504. The van der Waals surface area contributed by atoms with E-state index in [9.17, 15) is 53.4 Å². The van der Waals surface area contributed by atoms with Crippen molar-refractivity contribution < 1.29 is 80.7 Å². The molecule has 0 radical (unpaired) electrons. The molecule has 0 bridgehead atoms. The summed E-state index contributed by atoms with van der Waals surface area (Å²) in [7, 11) is -7.93. The van der Waals surface area contributed by atoms with Gasteiger partial charge in [-0.05, 0) is 34.1 Å². The highest BCUT2D eigenvalue weighted by Gasteiger charge is 2.49. The number of phenols is 2. The van der Waals surface area contributed by atoms with Crippen LogP contribution in [0.25, 0.3) is 32.7 Å². The highest BCUT2D eigenvalue weighted by atomic mass is 79.9. The molecule has 0 amide bonds. The second-order valence-electron chi connectivity index (χ2n) is 9.11. The number of benzene rings is 4. The van der Waals surface area contributed by atoms with Gasteiger partial charge < -0.3 is 37.5 Å². The summed E-state index contributed by atoms with van der Waals surface area (Å²) in [5, 5.41) is 21.9. The third-order valence-corrected chi connectivity index (χ3v) is 9.15. The van der Waals surface area contributed by atoms with Crippen LogP contribution in [-0.2, 0) is 20.2 Å². The molecule has 0 unspecified atom stereocenters. The minimum atomic E-state index is -6.19. The number of hydrogen-bond acceptors (Lipinski definition) is 12. The first-order valence-corrected chi connectivity index (χ1v) is 15.8. The highest BCUT2D eigenvalue weighted by Crippen LogP contribution is 2.56. The van der Waals surface area contributed by atoms with Crippen molar-refractivity contribution in [3.63, 3.8) is 0 Å². The van der Waals surface area contributed by atoms with Gasteiger partial charge in [-0.3, -0.25) is 0 Å². The van der Waals surface area contributed by atoms with E-state index in [4.69, 9.17) is 18.9 Å². The van der Waals surface area contributed by atoms with Crippen LogP contribution in [0.4, 0.5) is 26.3 Å². The van der Waals surface area contributed by atoms with E-state index in [0.29, 0.717) is 12.1 Å². The van der Waals surface area contributed by atoms with Gasteiger partial charge in [-0.25, -0.2) is 0 Å². The van der Waals surface area contributed by atoms with Gasteiger partial charge in [0.1, 0.15) is 46.0 Å². The van der Waals surface area contributed by atoms with E-state index in [1.165, 1.54) is 0 Å². The quantitative estimate of drug-likeness (QED) is 0.110. The van der Waals surface area contributed by atoms with Crippen LogP contribution in [0.5, 0.6) is 46.0 Å². The number of methoxy groups -OCH3 is 4. The number of phenolic OH excluding ortho intramolecular Hbond substituents is 2. The Morgan fingerprint density at radius 2 is 1.02 bits per heavy atom. The third-order valence-electron chi connectivity index (χ3n) is 6.43. The molecule has 21 heteroatoms. The fraction of sp³-hybridized carbons (Fsp3) is 0.231. The average Bonchev–Trinajstić information content (AvgIpc) is 2.96. The summed E-state index contributed by atoms with van der Waals surface area (Å²) in [6.07, 6.45) is 0. The third kappa shape index (κ3) is 6.13. The van der Waals surface area contributed by atoms with Crippen molar-refractivity contribution in [1.82, 2.24) is 0 Å². The van der Waals surface area contributed by atoms with Gasteiger partial charge in [-0.15, -0.1) is 0 Å². The topological polar surface area (TPSA) is 164 Å². The van der Waals surface area contributed by atoms with Crippen molar-refractivity contribution in [3.05, 3.63) is 34.8 Å². The van der Waals surface area contributed by atoms with Gasteiger partial charge >= 0.3 is 31.3 Å². The zero-order chi connectivity index (χ0) is 35.4. The molecule has 0 aliphatic rings. The normalized spacial score (nSPS) is 12.7. The molecule has 0 heterocycles. The Morgan fingerprint density at radius 3 is 1.43 bits per heavy atom. The molecular formula is C26H19BrF6O12S2. The Morgan fingerprint density at radius 1 is 0.617 bits per heavy atom. The predicted octanol–water partition coefficient (Wildman–Crippen LogP) is 6.32. The van der Waals surface area contributed by atoms with Crippen molar-refractivity contribution in [3.8, 4) is 57.1 Å². The lowest BCUT2D eigenvalue weighted by atomic mass is 9.94. The summed E-state index contributed by atoms with van der Waals surface area (Å²) in [5.41, 5.74) is -12.4. The Kier molecular flexibility index (Phi) is 9.16. The molecule has 0 aliphatic carbocycles. The van der Waals surface area contributed by atoms with Crippen LogP contribution in [0, 0.1) is 0 Å². The summed E-state index contributed by atoms with van der Waals surface area (Å²) in [5.74, 6) is -4.52. The predicted molar refractivity (Wildman–Crippen MR) is 155 cm³/mol. The van der Waals surface area contributed by atoms with Crippen molar-refractivity contribution >= 4 is 57.7 Å². The SMILES string of the molecule is COc1cc(OS(=O)(=O)C(F)(F)F)cc2c(O)c(-c3c(Br)c(OC)c4c(OC)cc(OS(=O)(=O)C(F)(F)F)cc4c3O)cc(OC)c12. The molecule has 0 fully saturated rings. The first kappa shape index (κ1) is 35.6. The summed E-state index contributed by atoms with van der Waals surface area (Å²) >= 11 is 3.23. The summed E-state index contributed by atoms with van der Waals surface area (Å²) < 4.78 is 155. The Labute approximate surface area is 269 Å². The molecule has 0 aromatic heterocycles. The standard InChI is InChI=1S/C26H19BrF6O12S2/c1-40-15-7-10(44-46(36,37)25(28,29)30)5-12-18(15)17(42-3)9-14(22(12)34)20-21(27)24(43-4)19-13(23(20)35)6-11(8-16(19)41-2)45-47(38,39)26(31,32)33/h5-9,34-35H,1-4H3. The molecule has 0 spiro atoms. The zero-order valence-electron chi connectivity index (χ0n) is 23.8. The molecular weight excluding hydrogens is 762 g/mol. The van der Waals surface area contributed by atoms with Crippen molar-refractivity contribution in [2.24, 2.45) is 0 Å². The lowest BCUT2D eigenvalue weighted by Crippen LogP contribution is -2.28. The molecule has 4 aromatic carbocycles. The van der Waals surface area contributed by atoms with E-state index >= 15 is 0 Å². The number of hydrogen-bond donors (Lipinski definition) is 2. The maximum Gasteiger partial charge on any atom is 0.534 e. The second kappa shape index (κ2) is 12.1. The molecule has 0 saturated carbocycles. The van der Waals surface area contributed by atoms with E-state index in [-0.39, 0.29) is 49.4 Å². The molecule has 4 rings (SSSR count). The molecule has 12 nitrogen and oxygen atoms in total. The highest BCUT2D eigenvalue weighted by molar-refractivity contribution is 9.10. The van der Waals surface area contributed by atoms with Crippen LogP contribution in [0.1, 0.15) is 0 Å². The van der Waals surface area contributed by atoms with Crippen LogP contribution in [-0.4, -0.2) is 66.5 Å². The minimum Gasteiger partial charge on any atom is -0.507 e. The number of halogens is 7. The van der Waals surface area contributed by atoms with Crippen molar-refractivity contribution in [2.75, 3.05) is 28.4 Å². The van der Waals surface area contributed by atoms with Crippen molar-refractivity contribution in [2.45, 2.75) is 11.0 Å². The smallest absolute Gasteiger partial charge is 0.507 e. The Balaban J connectivity index is 2.12. The zero-order valence-corrected chi connectivity index (χ0v) is 27.0.